The molecule has 1 unspecified atom stereocenters. The Bertz CT molecular complexity index is 290. The van der Waals surface area contributed by atoms with Crippen LogP contribution in [0.25, 0.3) is 0 Å². The zero-order valence-corrected chi connectivity index (χ0v) is 10.9. The number of amides is 2. The average molecular weight is 258 g/mol. The number of ether oxygens (including phenoxy) is 1. The van der Waals surface area contributed by atoms with Gasteiger partial charge in [0.2, 0.25) is 0 Å². The number of carboxylic acids is 1. The first kappa shape index (κ1) is 14.8. The summed E-state index contributed by atoms with van der Waals surface area (Å²) in [6.07, 6.45) is 2.04. The molecule has 0 saturated heterocycles. The van der Waals surface area contributed by atoms with Crippen LogP contribution in [0.1, 0.15) is 33.1 Å². The lowest BCUT2D eigenvalue weighted by molar-refractivity contribution is -0.137. The highest BCUT2D eigenvalue weighted by molar-refractivity contribution is 5.74. The molecule has 18 heavy (non-hydrogen) atoms. The molecule has 0 aliphatic heterocycles. The number of aliphatic carboxylic acids is 1. The van der Waals surface area contributed by atoms with Gasteiger partial charge in [-0.3, -0.25) is 4.79 Å². The van der Waals surface area contributed by atoms with E-state index >= 15 is 0 Å². The Morgan fingerprint density at radius 2 is 2.11 bits per heavy atom. The maximum absolute atomic E-state index is 11.5. The number of carbonyl (C=O) groups is 2. The van der Waals surface area contributed by atoms with Gasteiger partial charge in [-0.15, -0.1) is 0 Å². The van der Waals surface area contributed by atoms with Gasteiger partial charge in [0.25, 0.3) is 0 Å². The highest BCUT2D eigenvalue weighted by atomic mass is 16.5. The number of carboxylic acid groups (broad SMARTS) is 1. The second kappa shape index (κ2) is 7.20. The van der Waals surface area contributed by atoms with Crippen LogP contribution in [0.4, 0.5) is 4.79 Å². The normalized spacial score (nSPS) is 23.9. The molecule has 0 aromatic rings. The lowest BCUT2D eigenvalue weighted by Crippen LogP contribution is -2.51. The Hall–Kier alpha value is -1.30. The summed E-state index contributed by atoms with van der Waals surface area (Å²) >= 11 is 0. The first-order chi connectivity index (χ1) is 8.51. The number of urea groups is 1. The van der Waals surface area contributed by atoms with Gasteiger partial charge in [-0.1, -0.05) is 6.92 Å². The summed E-state index contributed by atoms with van der Waals surface area (Å²) in [5, 5.41) is 14.1. The van der Waals surface area contributed by atoms with Crippen molar-refractivity contribution in [3.8, 4) is 0 Å². The van der Waals surface area contributed by atoms with Crippen LogP contribution in [-0.4, -0.2) is 42.4 Å². The van der Waals surface area contributed by atoms with Crippen LogP contribution in [0.3, 0.4) is 0 Å². The van der Waals surface area contributed by atoms with Gasteiger partial charge in [0.05, 0.1) is 6.10 Å². The van der Waals surface area contributed by atoms with Crippen LogP contribution in [0.2, 0.25) is 0 Å². The molecule has 3 N–H and O–H groups in total. The van der Waals surface area contributed by atoms with E-state index in [9.17, 15) is 9.59 Å². The van der Waals surface area contributed by atoms with E-state index < -0.39 is 5.97 Å². The van der Waals surface area contributed by atoms with E-state index in [0.29, 0.717) is 13.2 Å². The first-order valence-electron chi connectivity index (χ1n) is 6.39. The molecule has 6 nitrogen and oxygen atoms in total. The Morgan fingerprint density at radius 3 is 2.67 bits per heavy atom. The molecule has 1 saturated carbocycles. The molecule has 0 spiro atoms. The standard InChI is InChI=1S/C12H22N2O4/c1-3-18-10-5-9(6-10)14-12(17)13-7-8(2)4-11(15)16/h8-10H,3-7H2,1-2H3,(H,15,16)(H2,13,14,17). The minimum atomic E-state index is -0.844. The summed E-state index contributed by atoms with van der Waals surface area (Å²) in [7, 11) is 0. The molecule has 0 aromatic heterocycles. The number of hydrogen-bond donors (Lipinski definition) is 3. The first-order valence-corrected chi connectivity index (χ1v) is 6.39. The van der Waals surface area contributed by atoms with Gasteiger partial charge in [-0.25, -0.2) is 4.79 Å². The summed E-state index contributed by atoms with van der Waals surface area (Å²) in [6, 6.07) is -0.0523. The number of carbonyl (C=O) groups excluding carboxylic acids is 1. The van der Waals surface area contributed by atoms with E-state index in [1.165, 1.54) is 0 Å². The third-order valence-electron chi connectivity index (χ3n) is 2.97. The second-order valence-corrected chi connectivity index (χ2v) is 4.80. The quantitative estimate of drug-likeness (QED) is 0.635. The van der Waals surface area contributed by atoms with Gasteiger partial charge < -0.3 is 20.5 Å². The fourth-order valence-corrected chi connectivity index (χ4v) is 1.93. The molecule has 2 amide bonds. The largest absolute Gasteiger partial charge is 0.481 e. The molecule has 6 heteroatoms. The number of hydrogen-bond acceptors (Lipinski definition) is 3. The van der Waals surface area contributed by atoms with Crippen molar-refractivity contribution in [2.45, 2.75) is 45.3 Å². The molecular weight excluding hydrogens is 236 g/mol. The zero-order valence-electron chi connectivity index (χ0n) is 10.9. The molecule has 0 heterocycles. The van der Waals surface area contributed by atoms with Crippen LogP contribution in [0.15, 0.2) is 0 Å². The van der Waals surface area contributed by atoms with E-state index in [0.717, 1.165) is 12.8 Å². The lowest BCUT2D eigenvalue weighted by Gasteiger charge is -2.35. The van der Waals surface area contributed by atoms with Gasteiger partial charge in [-0.2, -0.15) is 0 Å². The SMILES string of the molecule is CCOC1CC(NC(=O)NCC(C)CC(=O)O)C1. The highest BCUT2D eigenvalue weighted by Gasteiger charge is 2.30. The second-order valence-electron chi connectivity index (χ2n) is 4.80. The van der Waals surface area contributed by atoms with Gasteiger partial charge >= 0.3 is 12.0 Å². The molecule has 1 atom stereocenters. The number of rotatable bonds is 7. The summed E-state index contributed by atoms with van der Waals surface area (Å²) in [5.74, 6) is -0.908. The van der Waals surface area contributed by atoms with Crippen molar-refractivity contribution < 1.29 is 19.4 Å². The maximum Gasteiger partial charge on any atom is 0.315 e. The Balaban J connectivity index is 2.06. The molecular formula is C12H22N2O4. The Kier molecular flexibility index (Phi) is 5.91. The molecule has 1 aliphatic carbocycles. The predicted octanol–water partition coefficient (Wildman–Crippen LogP) is 0.964. The van der Waals surface area contributed by atoms with Crippen molar-refractivity contribution in [3.05, 3.63) is 0 Å². The Labute approximate surface area is 107 Å². The number of nitrogens with one attached hydrogen (secondary N) is 2. The van der Waals surface area contributed by atoms with Gasteiger partial charge in [0, 0.05) is 25.6 Å². The van der Waals surface area contributed by atoms with Crippen molar-refractivity contribution in [1.29, 1.82) is 0 Å². The third-order valence-corrected chi connectivity index (χ3v) is 2.97. The maximum atomic E-state index is 11.5. The topological polar surface area (TPSA) is 87.7 Å². The molecule has 1 rings (SSSR count). The van der Waals surface area contributed by atoms with Gasteiger partial charge in [-0.05, 0) is 25.7 Å². The van der Waals surface area contributed by atoms with Crippen molar-refractivity contribution in [3.63, 3.8) is 0 Å². The fourth-order valence-electron chi connectivity index (χ4n) is 1.93. The minimum absolute atomic E-state index is 0.0641. The van der Waals surface area contributed by atoms with Crippen LogP contribution < -0.4 is 10.6 Å². The lowest BCUT2D eigenvalue weighted by atomic mass is 9.89. The van der Waals surface area contributed by atoms with Crippen molar-refractivity contribution in [2.24, 2.45) is 5.92 Å². The molecule has 1 fully saturated rings. The summed E-state index contributed by atoms with van der Waals surface area (Å²) in [6.45, 7) is 4.83. The Morgan fingerprint density at radius 1 is 1.44 bits per heavy atom. The van der Waals surface area contributed by atoms with Crippen molar-refractivity contribution in [1.82, 2.24) is 10.6 Å². The minimum Gasteiger partial charge on any atom is -0.481 e. The zero-order chi connectivity index (χ0) is 13.5. The molecule has 0 radical (unpaired) electrons. The van der Waals surface area contributed by atoms with Crippen molar-refractivity contribution in [2.75, 3.05) is 13.2 Å². The average Bonchev–Trinajstić information content (AvgIpc) is 2.22. The van der Waals surface area contributed by atoms with Gasteiger partial charge in [0.1, 0.15) is 0 Å². The van der Waals surface area contributed by atoms with Crippen LogP contribution in [0, 0.1) is 5.92 Å². The van der Waals surface area contributed by atoms with E-state index in [2.05, 4.69) is 10.6 Å². The van der Waals surface area contributed by atoms with E-state index in [4.69, 9.17) is 9.84 Å². The molecule has 104 valence electrons. The molecule has 1 aliphatic rings. The third kappa shape index (κ3) is 5.35. The summed E-state index contributed by atoms with van der Waals surface area (Å²) < 4.78 is 5.39. The van der Waals surface area contributed by atoms with E-state index in [1.807, 2.05) is 6.92 Å². The summed E-state index contributed by atoms with van der Waals surface area (Å²) in [4.78, 5) is 21.9. The molecule has 0 bridgehead atoms. The monoisotopic (exact) mass is 258 g/mol. The fraction of sp³-hybridized carbons (Fsp3) is 0.833. The van der Waals surface area contributed by atoms with Crippen LogP contribution in [0.5, 0.6) is 0 Å². The predicted molar refractivity (Wildman–Crippen MR) is 66.4 cm³/mol. The molecule has 0 aromatic carbocycles. The van der Waals surface area contributed by atoms with Crippen molar-refractivity contribution >= 4 is 12.0 Å². The summed E-state index contributed by atoms with van der Waals surface area (Å²) in [5.41, 5.74) is 0. The van der Waals surface area contributed by atoms with Crippen LogP contribution in [-0.2, 0) is 9.53 Å². The van der Waals surface area contributed by atoms with E-state index in [1.54, 1.807) is 6.92 Å². The smallest absolute Gasteiger partial charge is 0.315 e. The highest BCUT2D eigenvalue weighted by Crippen LogP contribution is 2.22. The van der Waals surface area contributed by atoms with E-state index in [-0.39, 0.29) is 30.5 Å². The van der Waals surface area contributed by atoms with Gasteiger partial charge in [0.15, 0.2) is 0 Å². The van der Waals surface area contributed by atoms with Crippen LogP contribution >= 0.6 is 0 Å².